The van der Waals surface area contributed by atoms with Gasteiger partial charge in [0.25, 0.3) is 0 Å². The second kappa shape index (κ2) is 5.82. The summed E-state index contributed by atoms with van der Waals surface area (Å²) in [6.45, 7) is 0. The number of nitrogens with two attached hydrogens (primary N) is 1. The van der Waals surface area contributed by atoms with Gasteiger partial charge in [-0.1, -0.05) is 47.5 Å². The Balaban J connectivity index is 2.04. The van der Waals surface area contributed by atoms with E-state index in [1.54, 1.807) is 12.1 Å². The Morgan fingerprint density at radius 1 is 1.09 bits per heavy atom. The monoisotopic (exact) mass is 335 g/mol. The van der Waals surface area contributed by atoms with Crippen LogP contribution in [0.3, 0.4) is 0 Å². The summed E-state index contributed by atoms with van der Waals surface area (Å²) < 4.78 is 5.45. The molecule has 2 aromatic rings. The van der Waals surface area contributed by atoms with E-state index in [1.165, 1.54) is 0 Å². The molecule has 1 fully saturated rings. The Kier molecular flexibility index (Phi) is 4.02. The zero-order valence-corrected chi connectivity index (χ0v) is 13.3. The third-order valence-electron chi connectivity index (χ3n) is 4.08. The second-order valence-electron chi connectivity index (χ2n) is 5.54. The first-order valence-electron chi connectivity index (χ1n) is 6.99. The topological polar surface area (TPSA) is 52.3 Å². The minimum atomic E-state index is -0.793. The Hall–Kier alpha value is -1.71. The van der Waals surface area contributed by atoms with Crippen LogP contribution in [0, 0.1) is 0 Å². The zero-order chi connectivity index (χ0) is 15.7. The van der Waals surface area contributed by atoms with Crippen molar-refractivity contribution in [1.29, 1.82) is 0 Å². The van der Waals surface area contributed by atoms with E-state index in [2.05, 4.69) is 0 Å². The molecule has 0 spiro atoms. The Morgan fingerprint density at radius 3 is 2.27 bits per heavy atom. The van der Waals surface area contributed by atoms with Gasteiger partial charge in [0.05, 0.1) is 0 Å². The number of halogens is 2. The highest BCUT2D eigenvalue weighted by molar-refractivity contribution is 6.30. The van der Waals surface area contributed by atoms with Crippen LogP contribution in [0.1, 0.15) is 30.1 Å². The van der Waals surface area contributed by atoms with E-state index in [4.69, 9.17) is 33.7 Å². The van der Waals surface area contributed by atoms with Crippen LogP contribution < -0.4 is 5.73 Å². The molecule has 0 saturated heterocycles. The first-order valence-corrected chi connectivity index (χ1v) is 7.74. The van der Waals surface area contributed by atoms with Crippen molar-refractivity contribution < 1.29 is 9.53 Å². The summed E-state index contributed by atoms with van der Waals surface area (Å²) in [7, 11) is 0. The van der Waals surface area contributed by atoms with Crippen molar-refractivity contribution in [2.75, 3.05) is 0 Å². The van der Waals surface area contributed by atoms with Crippen LogP contribution in [0.4, 0.5) is 4.79 Å². The lowest BCUT2D eigenvalue weighted by atomic mass is 9.86. The van der Waals surface area contributed by atoms with Crippen LogP contribution in [0.5, 0.6) is 0 Å². The normalized spacial score (nSPS) is 16.8. The van der Waals surface area contributed by atoms with Crippen molar-refractivity contribution in [3.63, 3.8) is 0 Å². The van der Waals surface area contributed by atoms with Crippen LogP contribution in [0.15, 0.2) is 48.5 Å². The molecule has 0 heterocycles. The van der Waals surface area contributed by atoms with Gasteiger partial charge in [-0.25, -0.2) is 4.79 Å². The third kappa shape index (κ3) is 2.92. The van der Waals surface area contributed by atoms with E-state index in [0.29, 0.717) is 10.0 Å². The van der Waals surface area contributed by atoms with Crippen LogP contribution in [-0.2, 0) is 10.2 Å². The Labute approximate surface area is 139 Å². The van der Waals surface area contributed by atoms with Gasteiger partial charge in [0, 0.05) is 15.5 Å². The molecule has 2 N–H and O–H groups in total. The van der Waals surface area contributed by atoms with Gasteiger partial charge in [0.2, 0.25) is 0 Å². The minimum absolute atomic E-state index is 0.287. The Morgan fingerprint density at radius 2 is 1.73 bits per heavy atom. The van der Waals surface area contributed by atoms with Gasteiger partial charge < -0.3 is 10.5 Å². The number of ether oxygens (including phenoxy) is 1. The van der Waals surface area contributed by atoms with Gasteiger partial charge in [-0.2, -0.15) is 0 Å². The summed E-state index contributed by atoms with van der Waals surface area (Å²) in [6, 6.07) is 15.0. The smallest absolute Gasteiger partial charge is 0.405 e. The average molecular weight is 336 g/mol. The maximum atomic E-state index is 11.4. The van der Waals surface area contributed by atoms with Crippen molar-refractivity contribution >= 4 is 29.3 Å². The van der Waals surface area contributed by atoms with Crippen LogP contribution in [0.2, 0.25) is 10.0 Å². The number of hydrogen-bond acceptors (Lipinski definition) is 2. The molecule has 22 heavy (non-hydrogen) atoms. The molecule has 1 amide bonds. The van der Waals surface area contributed by atoms with E-state index in [1.807, 2.05) is 36.4 Å². The first-order chi connectivity index (χ1) is 10.5. The molecule has 1 unspecified atom stereocenters. The summed E-state index contributed by atoms with van der Waals surface area (Å²) in [4.78, 5) is 11.4. The van der Waals surface area contributed by atoms with Crippen molar-refractivity contribution in [2.45, 2.75) is 24.4 Å². The highest BCUT2D eigenvalue weighted by Gasteiger charge is 2.53. The molecule has 1 aliphatic carbocycles. The Bertz CT molecular complexity index is 713. The molecule has 3 rings (SSSR count). The molecule has 0 bridgehead atoms. The van der Waals surface area contributed by atoms with Crippen LogP contribution >= 0.6 is 23.2 Å². The summed E-state index contributed by atoms with van der Waals surface area (Å²) in [5.74, 6) is 0. The molecule has 1 atom stereocenters. The van der Waals surface area contributed by atoms with Crippen LogP contribution in [0.25, 0.3) is 0 Å². The SMILES string of the molecule is NC(=O)OC(c1cccc(Cl)c1)C1(c2cccc(Cl)c2)CC1. The standard InChI is InChI=1S/C17H15Cl2NO2/c18-13-5-1-3-11(9-13)15(22-16(20)21)17(7-8-17)12-4-2-6-14(19)10-12/h1-6,9-10,15H,7-8H2,(H2,20,21). The lowest BCUT2D eigenvalue weighted by Gasteiger charge is -2.27. The summed E-state index contributed by atoms with van der Waals surface area (Å²) in [5, 5.41) is 1.25. The second-order valence-corrected chi connectivity index (χ2v) is 6.41. The predicted octanol–water partition coefficient (Wildman–Crippen LogP) is 4.86. The molecule has 114 valence electrons. The maximum absolute atomic E-state index is 11.4. The number of benzene rings is 2. The molecule has 2 aromatic carbocycles. The molecular formula is C17H15Cl2NO2. The van der Waals surface area contributed by atoms with Gasteiger partial charge >= 0.3 is 6.09 Å². The molecule has 1 aliphatic rings. The van der Waals surface area contributed by atoms with E-state index in [-0.39, 0.29) is 5.41 Å². The maximum Gasteiger partial charge on any atom is 0.405 e. The fourth-order valence-corrected chi connectivity index (χ4v) is 3.31. The van der Waals surface area contributed by atoms with Gasteiger partial charge in [-0.15, -0.1) is 0 Å². The number of hydrogen-bond donors (Lipinski definition) is 1. The predicted molar refractivity (Wildman–Crippen MR) is 87.2 cm³/mol. The number of amides is 1. The summed E-state index contributed by atoms with van der Waals surface area (Å²) in [5.41, 5.74) is 6.88. The number of primary amides is 1. The highest BCUT2D eigenvalue weighted by Crippen LogP contribution is 2.58. The molecule has 0 radical (unpaired) electrons. The zero-order valence-electron chi connectivity index (χ0n) is 11.8. The fourth-order valence-electron chi connectivity index (χ4n) is 2.92. The van der Waals surface area contributed by atoms with Crippen molar-refractivity contribution in [3.05, 3.63) is 69.7 Å². The van der Waals surface area contributed by atoms with Gasteiger partial charge in [0.15, 0.2) is 0 Å². The largest absolute Gasteiger partial charge is 0.441 e. The van der Waals surface area contributed by atoms with E-state index >= 15 is 0 Å². The lowest BCUT2D eigenvalue weighted by molar-refractivity contribution is 0.0820. The van der Waals surface area contributed by atoms with Crippen molar-refractivity contribution in [1.82, 2.24) is 0 Å². The minimum Gasteiger partial charge on any atom is -0.441 e. The van der Waals surface area contributed by atoms with Crippen molar-refractivity contribution in [2.24, 2.45) is 5.73 Å². The molecule has 5 heteroatoms. The fraction of sp³-hybridized carbons (Fsp3) is 0.235. The third-order valence-corrected chi connectivity index (χ3v) is 4.55. The van der Waals surface area contributed by atoms with E-state index < -0.39 is 12.2 Å². The summed E-state index contributed by atoms with van der Waals surface area (Å²) >= 11 is 12.2. The quantitative estimate of drug-likeness (QED) is 0.867. The lowest BCUT2D eigenvalue weighted by Crippen LogP contribution is -2.27. The highest BCUT2D eigenvalue weighted by atomic mass is 35.5. The average Bonchev–Trinajstić information content (AvgIpc) is 3.26. The molecule has 3 nitrogen and oxygen atoms in total. The van der Waals surface area contributed by atoms with Crippen molar-refractivity contribution in [3.8, 4) is 0 Å². The van der Waals surface area contributed by atoms with E-state index in [9.17, 15) is 4.79 Å². The van der Waals surface area contributed by atoms with Gasteiger partial charge in [-0.3, -0.25) is 0 Å². The number of rotatable bonds is 4. The molecule has 0 aliphatic heterocycles. The first kappa shape index (κ1) is 15.2. The molecular weight excluding hydrogens is 321 g/mol. The summed E-state index contributed by atoms with van der Waals surface area (Å²) in [6.07, 6.45) is 0.538. The van der Waals surface area contributed by atoms with Crippen LogP contribution in [-0.4, -0.2) is 6.09 Å². The number of carbonyl (C=O) groups excluding carboxylic acids is 1. The van der Waals surface area contributed by atoms with Gasteiger partial charge in [-0.05, 0) is 48.2 Å². The number of carbonyl (C=O) groups is 1. The van der Waals surface area contributed by atoms with E-state index in [0.717, 1.165) is 24.0 Å². The van der Waals surface area contributed by atoms with Gasteiger partial charge in [0.1, 0.15) is 6.10 Å². The molecule has 1 saturated carbocycles. The molecule has 0 aromatic heterocycles.